The first kappa shape index (κ1) is 19.1. The summed E-state index contributed by atoms with van der Waals surface area (Å²) in [4.78, 5) is 4.37. The summed E-state index contributed by atoms with van der Waals surface area (Å²) < 4.78 is 25.6. The molecule has 0 saturated carbocycles. The Morgan fingerprint density at radius 3 is 2.70 bits per heavy atom. The first-order valence-electron chi connectivity index (χ1n) is 6.06. The lowest BCUT2D eigenvalue weighted by Crippen LogP contribution is -2.32. The van der Waals surface area contributed by atoms with Gasteiger partial charge in [0.1, 0.15) is 0 Å². The molecule has 0 aromatic heterocycles. The number of halogens is 1. The lowest BCUT2D eigenvalue weighted by molar-refractivity contribution is 0.588. The fraction of sp³-hybridized carbons (Fsp3) is 0.417. The van der Waals surface area contributed by atoms with Crippen molar-refractivity contribution in [1.29, 1.82) is 0 Å². The Kier molecular flexibility index (Phi) is 8.74. The van der Waals surface area contributed by atoms with E-state index in [-0.39, 0.29) is 28.9 Å². The van der Waals surface area contributed by atoms with Gasteiger partial charge in [-0.25, -0.2) is 18.1 Å². The molecule has 0 unspecified atom stereocenters. The molecule has 0 atom stereocenters. The molecule has 1 rings (SSSR count). The van der Waals surface area contributed by atoms with Gasteiger partial charge in [-0.15, -0.1) is 24.0 Å². The number of rotatable bonds is 6. The number of guanidine groups is 1. The molecular formula is C12H21IN4O2S. The zero-order chi connectivity index (χ0) is 14.3. The van der Waals surface area contributed by atoms with E-state index in [0.29, 0.717) is 12.5 Å². The largest absolute Gasteiger partial charge is 0.370 e. The number of nitrogens with zero attached hydrogens (tertiary/aromatic N) is 1. The number of nitrogens with two attached hydrogens (primary N) is 1. The van der Waals surface area contributed by atoms with Gasteiger partial charge < -0.3 is 11.1 Å². The zero-order valence-corrected chi connectivity index (χ0v) is 14.7. The van der Waals surface area contributed by atoms with E-state index in [9.17, 15) is 8.42 Å². The van der Waals surface area contributed by atoms with E-state index in [1.807, 2.05) is 13.0 Å². The van der Waals surface area contributed by atoms with Crippen molar-refractivity contribution in [1.82, 2.24) is 10.0 Å². The van der Waals surface area contributed by atoms with Gasteiger partial charge in [0.05, 0.1) is 11.4 Å². The van der Waals surface area contributed by atoms with Crippen molar-refractivity contribution in [2.45, 2.75) is 24.8 Å². The van der Waals surface area contributed by atoms with Crippen LogP contribution in [-0.4, -0.2) is 28.0 Å². The molecule has 0 aliphatic carbocycles. The predicted molar refractivity (Wildman–Crippen MR) is 91.7 cm³/mol. The average molecular weight is 412 g/mol. The molecule has 0 radical (unpaired) electrons. The summed E-state index contributed by atoms with van der Waals surface area (Å²) in [5.74, 6) is 0.365. The highest BCUT2D eigenvalue weighted by Gasteiger charge is 2.10. The van der Waals surface area contributed by atoms with E-state index in [2.05, 4.69) is 15.0 Å². The van der Waals surface area contributed by atoms with Gasteiger partial charge in [0.25, 0.3) is 0 Å². The molecule has 1 aromatic rings. The number of nitrogens with one attached hydrogen (secondary N) is 2. The number of hydrogen-bond acceptors (Lipinski definition) is 3. The van der Waals surface area contributed by atoms with Gasteiger partial charge in [-0.2, -0.15) is 0 Å². The summed E-state index contributed by atoms with van der Waals surface area (Å²) >= 11 is 0. The smallest absolute Gasteiger partial charge is 0.240 e. The molecule has 114 valence electrons. The third-order valence-corrected chi connectivity index (χ3v) is 3.88. The van der Waals surface area contributed by atoms with Gasteiger partial charge in [-0.3, -0.25) is 0 Å². The average Bonchev–Trinajstić information content (AvgIpc) is 2.43. The van der Waals surface area contributed by atoms with E-state index < -0.39 is 10.0 Å². The topological polar surface area (TPSA) is 96.6 Å². The van der Waals surface area contributed by atoms with Crippen LogP contribution in [0.1, 0.15) is 18.9 Å². The minimum atomic E-state index is -3.42. The van der Waals surface area contributed by atoms with Crippen molar-refractivity contribution < 1.29 is 8.42 Å². The SMILES string of the molecule is CCCNC(N)=NCc1cccc(S(=O)(=O)NC)c1.I. The Bertz CT molecular complexity index is 546. The zero-order valence-electron chi connectivity index (χ0n) is 11.6. The Labute approximate surface area is 137 Å². The normalized spacial score (nSPS) is 11.8. The molecule has 20 heavy (non-hydrogen) atoms. The van der Waals surface area contributed by atoms with Crippen LogP contribution in [0.4, 0.5) is 0 Å². The van der Waals surface area contributed by atoms with Crippen LogP contribution in [0, 0.1) is 0 Å². The Morgan fingerprint density at radius 1 is 1.40 bits per heavy atom. The Morgan fingerprint density at radius 2 is 2.10 bits per heavy atom. The third-order valence-electron chi connectivity index (χ3n) is 2.47. The lowest BCUT2D eigenvalue weighted by atomic mass is 10.2. The third kappa shape index (κ3) is 6.06. The van der Waals surface area contributed by atoms with Crippen LogP contribution in [0.15, 0.2) is 34.2 Å². The summed E-state index contributed by atoms with van der Waals surface area (Å²) in [7, 11) is -2.04. The maximum atomic E-state index is 11.6. The molecule has 0 fully saturated rings. The van der Waals surface area contributed by atoms with Gasteiger partial charge >= 0.3 is 0 Å². The minimum absolute atomic E-state index is 0. The summed E-state index contributed by atoms with van der Waals surface area (Å²) in [6.45, 7) is 3.14. The van der Waals surface area contributed by atoms with E-state index >= 15 is 0 Å². The molecule has 0 amide bonds. The molecule has 6 nitrogen and oxygen atoms in total. The molecular weight excluding hydrogens is 391 g/mol. The van der Waals surface area contributed by atoms with Crippen LogP contribution in [0.3, 0.4) is 0 Å². The molecule has 0 bridgehead atoms. The minimum Gasteiger partial charge on any atom is -0.370 e. The first-order valence-corrected chi connectivity index (χ1v) is 7.54. The quantitative estimate of drug-likeness (QED) is 0.370. The fourth-order valence-electron chi connectivity index (χ4n) is 1.41. The number of benzene rings is 1. The standard InChI is InChI=1S/C12H20N4O2S.HI/c1-3-7-15-12(13)16-9-10-5-4-6-11(8-10)19(17,18)14-2;/h4-6,8,14H,3,7,9H2,1-2H3,(H3,13,15,16);1H. The van der Waals surface area contributed by atoms with Gasteiger partial charge in [0.15, 0.2) is 5.96 Å². The van der Waals surface area contributed by atoms with Gasteiger partial charge in [-0.05, 0) is 31.2 Å². The molecule has 0 aliphatic rings. The molecule has 0 heterocycles. The predicted octanol–water partition coefficient (Wildman–Crippen LogP) is 1.03. The molecule has 1 aromatic carbocycles. The molecule has 4 N–H and O–H groups in total. The van der Waals surface area contributed by atoms with Crippen LogP contribution < -0.4 is 15.8 Å². The van der Waals surface area contributed by atoms with Crippen molar-refractivity contribution in [3.05, 3.63) is 29.8 Å². The van der Waals surface area contributed by atoms with E-state index in [4.69, 9.17) is 5.73 Å². The maximum absolute atomic E-state index is 11.6. The summed E-state index contributed by atoms with van der Waals surface area (Å²) in [5, 5.41) is 2.96. The highest BCUT2D eigenvalue weighted by atomic mass is 127. The molecule has 0 saturated heterocycles. The number of hydrogen-bond donors (Lipinski definition) is 3. The van der Waals surface area contributed by atoms with Gasteiger partial charge in [0, 0.05) is 6.54 Å². The Hall–Kier alpha value is -0.870. The second-order valence-electron chi connectivity index (χ2n) is 3.98. The Balaban J connectivity index is 0.00000361. The summed E-state index contributed by atoms with van der Waals surface area (Å²) in [5.41, 5.74) is 6.46. The fourth-order valence-corrected chi connectivity index (χ4v) is 2.21. The highest BCUT2D eigenvalue weighted by molar-refractivity contribution is 14.0. The van der Waals surface area contributed by atoms with Crippen LogP contribution in [0.5, 0.6) is 0 Å². The molecule has 0 spiro atoms. The maximum Gasteiger partial charge on any atom is 0.240 e. The van der Waals surface area contributed by atoms with Crippen molar-refractivity contribution in [2.75, 3.05) is 13.6 Å². The second kappa shape index (κ2) is 9.14. The number of sulfonamides is 1. The first-order chi connectivity index (χ1) is 8.99. The molecule has 8 heteroatoms. The highest BCUT2D eigenvalue weighted by Crippen LogP contribution is 2.11. The van der Waals surface area contributed by atoms with Crippen LogP contribution >= 0.6 is 24.0 Å². The molecule has 0 aliphatic heterocycles. The van der Waals surface area contributed by atoms with Crippen LogP contribution in [0.2, 0.25) is 0 Å². The van der Waals surface area contributed by atoms with Gasteiger partial charge in [-0.1, -0.05) is 19.1 Å². The van der Waals surface area contributed by atoms with E-state index in [0.717, 1.165) is 18.5 Å². The van der Waals surface area contributed by atoms with Crippen LogP contribution in [-0.2, 0) is 16.6 Å². The van der Waals surface area contributed by atoms with Crippen molar-refractivity contribution >= 4 is 40.0 Å². The number of aliphatic imine (C=N–C) groups is 1. The van der Waals surface area contributed by atoms with Crippen LogP contribution in [0.25, 0.3) is 0 Å². The van der Waals surface area contributed by atoms with E-state index in [1.54, 1.807) is 12.1 Å². The van der Waals surface area contributed by atoms with Crippen molar-refractivity contribution in [3.63, 3.8) is 0 Å². The summed E-state index contributed by atoms with van der Waals surface area (Å²) in [6.07, 6.45) is 0.964. The van der Waals surface area contributed by atoms with Gasteiger partial charge in [0.2, 0.25) is 10.0 Å². The van der Waals surface area contributed by atoms with Crippen molar-refractivity contribution in [2.24, 2.45) is 10.7 Å². The lowest BCUT2D eigenvalue weighted by Gasteiger charge is -2.05. The summed E-state index contributed by atoms with van der Waals surface area (Å²) in [6, 6.07) is 6.62. The second-order valence-corrected chi connectivity index (χ2v) is 5.87. The van der Waals surface area contributed by atoms with E-state index in [1.165, 1.54) is 13.1 Å². The van der Waals surface area contributed by atoms with Crippen molar-refractivity contribution in [3.8, 4) is 0 Å². The monoisotopic (exact) mass is 412 g/mol.